The van der Waals surface area contributed by atoms with Gasteiger partial charge in [-0.2, -0.15) is 0 Å². The van der Waals surface area contributed by atoms with Gasteiger partial charge in [0.15, 0.2) is 0 Å². The molecule has 2 rings (SSSR count). The van der Waals surface area contributed by atoms with E-state index in [-0.39, 0.29) is 5.56 Å². The molecule has 5 heteroatoms. The molecule has 0 aliphatic heterocycles. The van der Waals surface area contributed by atoms with Gasteiger partial charge < -0.3 is 5.11 Å². The number of thiophene rings is 1. The van der Waals surface area contributed by atoms with E-state index >= 15 is 0 Å². The van der Waals surface area contributed by atoms with Gasteiger partial charge in [0.25, 0.3) is 0 Å². The summed E-state index contributed by atoms with van der Waals surface area (Å²) in [5.74, 6) is -0.961. The van der Waals surface area contributed by atoms with Crippen LogP contribution in [-0.2, 0) is 0 Å². The lowest BCUT2D eigenvalue weighted by Crippen LogP contribution is -1.98. The molecule has 0 amide bonds. The summed E-state index contributed by atoms with van der Waals surface area (Å²) in [5.41, 5.74) is 0.838. The first-order valence-electron chi connectivity index (χ1n) is 4.11. The number of hydrogen-bond acceptors (Lipinski definition) is 3. The molecule has 76 valence electrons. The zero-order valence-electron chi connectivity index (χ0n) is 7.48. The molecule has 2 aromatic heterocycles. The lowest BCUT2D eigenvalue weighted by molar-refractivity contribution is 0.0697. The van der Waals surface area contributed by atoms with Crippen LogP contribution in [0, 0.1) is 0 Å². The zero-order chi connectivity index (χ0) is 10.8. The number of aromatic carboxylic acids is 1. The molecule has 0 atom stereocenters. The van der Waals surface area contributed by atoms with Crippen molar-refractivity contribution in [3.63, 3.8) is 0 Å². The molecule has 2 aromatic rings. The maximum atomic E-state index is 10.9. The van der Waals surface area contributed by atoms with Crippen molar-refractivity contribution >= 4 is 28.9 Å². The summed E-state index contributed by atoms with van der Waals surface area (Å²) >= 11 is 7.13. The quantitative estimate of drug-likeness (QED) is 0.876. The number of halogens is 1. The van der Waals surface area contributed by atoms with E-state index in [1.807, 2.05) is 0 Å². The van der Waals surface area contributed by atoms with E-state index in [9.17, 15) is 4.79 Å². The zero-order valence-corrected chi connectivity index (χ0v) is 9.05. The Kier molecular flexibility index (Phi) is 2.70. The van der Waals surface area contributed by atoms with E-state index in [4.69, 9.17) is 16.7 Å². The van der Waals surface area contributed by atoms with Crippen molar-refractivity contribution in [2.75, 3.05) is 0 Å². The fourth-order valence-electron chi connectivity index (χ4n) is 1.24. The number of carboxylic acids is 1. The van der Waals surface area contributed by atoms with Crippen LogP contribution in [0.25, 0.3) is 10.4 Å². The van der Waals surface area contributed by atoms with Crippen LogP contribution in [0.3, 0.4) is 0 Å². The number of aromatic nitrogens is 1. The Morgan fingerprint density at radius 3 is 2.80 bits per heavy atom. The van der Waals surface area contributed by atoms with Crippen LogP contribution in [0.5, 0.6) is 0 Å². The van der Waals surface area contributed by atoms with Crippen molar-refractivity contribution in [2.24, 2.45) is 0 Å². The SMILES string of the molecule is O=C(O)c1ccncc1-c1ccc(Cl)s1. The van der Waals surface area contributed by atoms with Crippen molar-refractivity contribution in [3.8, 4) is 10.4 Å². The van der Waals surface area contributed by atoms with Gasteiger partial charge in [0.2, 0.25) is 0 Å². The number of carboxylic acid groups (broad SMARTS) is 1. The summed E-state index contributed by atoms with van der Waals surface area (Å²) in [6.07, 6.45) is 2.99. The van der Waals surface area contributed by atoms with E-state index in [1.165, 1.54) is 29.8 Å². The van der Waals surface area contributed by atoms with Crippen LogP contribution in [0.2, 0.25) is 4.34 Å². The predicted octanol–water partition coefficient (Wildman–Crippen LogP) is 3.16. The standard InChI is InChI=1S/C10H6ClNO2S/c11-9-2-1-8(15-9)7-5-12-4-3-6(7)10(13)14/h1-5H,(H,13,14). The molecule has 0 radical (unpaired) electrons. The number of nitrogens with zero attached hydrogens (tertiary/aromatic N) is 1. The highest BCUT2D eigenvalue weighted by molar-refractivity contribution is 7.19. The number of pyridine rings is 1. The highest BCUT2D eigenvalue weighted by atomic mass is 35.5. The van der Waals surface area contributed by atoms with Gasteiger partial charge in [-0.15, -0.1) is 11.3 Å². The minimum Gasteiger partial charge on any atom is -0.478 e. The molecule has 3 nitrogen and oxygen atoms in total. The minimum absolute atomic E-state index is 0.239. The Morgan fingerprint density at radius 1 is 1.40 bits per heavy atom. The lowest BCUT2D eigenvalue weighted by Gasteiger charge is -2.01. The summed E-state index contributed by atoms with van der Waals surface area (Å²) in [5, 5.41) is 8.98. The highest BCUT2D eigenvalue weighted by Crippen LogP contribution is 2.32. The van der Waals surface area contributed by atoms with Gasteiger partial charge in [-0.25, -0.2) is 4.79 Å². The number of carbonyl (C=O) groups is 1. The Hall–Kier alpha value is -1.39. The molecule has 0 spiro atoms. The van der Waals surface area contributed by atoms with Crippen LogP contribution >= 0.6 is 22.9 Å². The Balaban J connectivity index is 2.57. The van der Waals surface area contributed by atoms with Gasteiger partial charge in [0.05, 0.1) is 9.90 Å². The fourth-order valence-corrected chi connectivity index (χ4v) is 2.30. The first-order valence-corrected chi connectivity index (χ1v) is 5.31. The van der Waals surface area contributed by atoms with E-state index in [0.717, 1.165) is 4.88 Å². The first-order chi connectivity index (χ1) is 7.18. The topological polar surface area (TPSA) is 50.2 Å². The van der Waals surface area contributed by atoms with Gasteiger partial charge in [-0.3, -0.25) is 4.98 Å². The maximum absolute atomic E-state index is 10.9. The molecule has 0 fully saturated rings. The lowest BCUT2D eigenvalue weighted by atomic mass is 10.1. The van der Waals surface area contributed by atoms with Gasteiger partial charge in [-0.1, -0.05) is 11.6 Å². The van der Waals surface area contributed by atoms with Gasteiger partial charge in [0.1, 0.15) is 0 Å². The van der Waals surface area contributed by atoms with Crippen LogP contribution in [0.15, 0.2) is 30.6 Å². The summed E-state index contributed by atoms with van der Waals surface area (Å²) in [4.78, 5) is 15.7. The van der Waals surface area contributed by atoms with Crippen LogP contribution in [0.1, 0.15) is 10.4 Å². The Morgan fingerprint density at radius 2 is 2.20 bits per heavy atom. The third-order valence-electron chi connectivity index (χ3n) is 1.89. The second-order valence-corrected chi connectivity index (χ2v) is 4.55. The largest absolute Gasteiger partial charge is 0.478 e. The molecular weight excluding hydrogens is 234 g/mol. The molecule has 2 heterocycles. The summed E-state index contributed by atoms with van der Waals surface area (Å²) in [7, 11) is 0. The maximum Gasteiger partial charge on any atom is 0.336 e. The van der Waals surface area contributed by atoms with E-state index in [1.54, 1.807) is 12.1 Å². The van der Waals surface area contributed by atoms with Crippen molar-refractivity contribution < 1.29 is 9.90 Å². The van der Waals surface area contributed by atoms with Gasteiger partial charge >= 0.3 is 5.97 Å². The summed E-state index contributed by atoms with van der Waals surface area (Å²) in [6.45, 7) is 0. The molecule has 15 heavy (non-hydrogen) atoms. The molecule has 1 N–H and O–H groups in total. The Bertz CT molecular complexity index is 510. The first kappa shape index (κ1) is 10.1. The third-order valence-corrected chi connectivity index (χ3v) is 3.15. The normalized spacial score (nSPS) is 10.2. The molecule has 0 aromatic carbocycles. The fraction of sp³-hybridized carbons (Fsp3) is 0. The molecule has 0 unspecified atom stereocenters. The predicted molar refractivity (Wildman–Crippen MR) is 59.5 cm³/mol. The number of rotatable bonds is 2. The molecular formula is C10H6ClNO2S. The van der Waals surface area contributed by atoms with Crippen LogP contribution in [-0.4, -0.2) is 16.1 Å². The Labute approximate surface area is 95.0 Å². The third kappa shape index (κ3) is 2.00. The second-order valence-electron chi connectivity index (χ2n) is 2.83. The average Bonchev–Trinajstić information content (AvgIpc) is 2.65. The van der Waals surface area contributed by atoms with Crippen molar-refractivity contribution in [1.29, 1.82) is 0 Å². The van der Waals surface area contributed by atoms with Crippen LogP contribution in [0.4, 0.5) is 0 Å². The van der Waals surface area contributed by atoms with Gasteiger partial charge in [0, 0.05) is 22.8 Å². The molecule has 0 saturated carbocycles. The summed E-state index contributed by atoms with van der Waals surface area (Å²) < 4.78 is 0.630. The highest BCUT2D eigenvalue weighted by Gasteiger charge is 2.12. The minimum atomic E-state index is -0.961. The van der Waals surface area contributed by atoms with Crippen molar-refractivity contribution in [1.82, 2.24) is 4.98 Å². The van der Waals surface area contributed by atoms with Crippen molar-refractivity contribution in [2.45, 2.75) is 0 Å². The molecule has 0 aliphatic rings. The smallest absolute Gasteiger partial charge is 0.336 e. The van der Waals surface area contributed by atoms with E-state index in [2.05, 4.69) is 4.98 Å². The average molecular weight is 240 g/mol. The van der Waals surface area contributed by atoms with Crippen molar-refractivity contribution in [3.05, 3.63) is 40.5 Å². The van der Waals surface area contributed by atoms with Gasteiger partial charge in [-0.05, 0) is 18.2 Å². The second kappa shape index (κ2) is 4.00. The molecule has 0 bridgehead atoms. The van der Waals surface area contributed by atoms with E-state index in [0.29, 0.717) is 9.90 Å². The number of hydrogen-bond donors (Lipinski definition) is 1. The molecule has 0 saturated heterocycles. The van der Waals surface area contributed by atoms with E-state index < -0.39 is 5.97 Å². The molecule has 0 aliphatic carbocycles. The van der Waals surface area contributed by atoms with Crippen LogP contribution < -0.4 is 0 Å². The summed E-state index contributed by atoms with van der Waals surface area (Å²) in [6, 6.07) is 5.00. The monoisotopic (exact) mass is 239 g/mol.